The number of hydrogen-bond acceptors (Lipinski definition) is 3. The first kappa shape index (κ1) is 7.91. The molecule has 0 atom stereocenters. The van der Waals surface area contributed by atoms with Crippen LogP contribution < -0.4 is 5.73 Å². The number of aromatic nitrogens is 2. The highest BCUT2D eigenvalue weighted by Gasteiger charge is 2.04. The van der Waals surface area contributed by atoms with Gasteiger partial charge in [-0.25, -0.2) is 4.68 Å². The minimum absolute atomic E-state index is 0.590. The number of rotatable bonds is 2. The lowest BCUT2D eigenvalue weighted by molar-refractivity contribution is 0.482. The molecule has 2 aromatic rings. The van der Waals surface area contributed by atoms with Crippen molar-refractivity contribution < 1.29 is 4.42 Å². The number of hydrogen-bond donors (Lipinski definition) is 1. The van der Waals surface area contributed by atoms with Gasteiger partial charge in [0, 0.05) is 5.56 Å². The van der Waals surface area contributed by atoms with Gasteiger partial charge in [-0.2, -0.15) is 5.10 Å². The van der Waals surface area contributed by atoms with Gasteiger partial charge in [0.2, 0.25) is 0 Å². The zero-order chi connectivity index (χ0) is 9.26. The number of anilines is 1. The Morgan fingerprint density at radius 3 is 3.00 bits per heavy atom. The molecule has 0 saturated carbocycles. The van der Waals surface area contributed by atoms with Gasteiger partial charge in [-0.3, -0.25) is 0 Å². The van der Waals surface area contributed by atoms with Crippen LogP contribution >= 0.6 is 0 Å². The molecule has 0 radical (unpaired) electrons. The predicted octanol–water partition coefficient (Wildman–Crippen LogP) is 1.42. The molecule has 4 nitrogen and oxygen atoms in total. The lowest BCUT2D eigenvalue weighted by Gasteiger charge is -2.00. The van der Waals surface area contributed by atoms with Gasteiger partial charge in [0.05, 0.1) is 12.5 Å². The van der Waals surface area contributed by atoms with Crippen molar-refractivity contribution in [2.45, 2.75) is 13.5 Å². The molecule has 2 N–H and O–H groups in total. The van der Waals surface area contributed by atoms with Crippen LogP contribution in [0, 0.1) is 6.92 Å². The number of nitrogen functional groups attached to an aromatic ring is 1. The molecule has 13 heavy (non-hydrogen) atoms. The van der Waals surface area contributed by atoms with E-state index in [0.29, 0.717) is 12.4 Å². The number of nitrogens with two attached hydrogens (primary N) is 1. The zero-order valence-corrected chi connectivity index (χ0v) is 7.40. The molecule has 4 heteroatoms. The Morgan fingerprint density at radius 1 is 1.62 bits per heavy atom. The van der Waals surface area contributed by atoms with Gasteiger partial charge < -0.3 is 10.2 Å². The van der Waals surface area contributed by atoms with E-state index in [9.17, 15) is 0 Å². The fourth-order valence-electron chi connectivity index (χ4n) is 1.16. The molecule has 0 aliphatic heterocycles. The van der Waals surface area contributed by atoms with Crippen LogP contribution in [-0.4, -0.2) is 9.78 Å². The van der Waals surface area contributed by atoms with Crippen molar-refractivity contribution in [2.24, 2.45) is 0 Å². The maximum absolute atomic E-state index is 5.78. The van der Waals surface area contributed by atoms with Gasteiger partial charge in [-0.1, -0.05) is 0 Å². The average molecular weight is 177 g/mol. The van der Waals surface area contributed by atoms with Crippen LogP contribution in [0.3, 0.4) is 0 Å². The summed E-state index contributed by atoms with van der Waals surface area (Å²) in [6.45, 7) is 2.52. The topological polar surface area (TPSA) is 57.0 Å². The molecule has 0 saturated heterocycles. The Morgan fingerprint density at radius 2 is 2.46 bits per heavy atom. The van der Waals surface area contributed by atoms with Crippen LogP contribution in [0.25, 0.3) is 0 Å². The van der Waals surface area contributed by atoms with Crippen LogP contribution in [0.2, 0.25) is 0 Å². The molecule has 0 unspecified atom stereocenters. The Bertz CT molecular complexity index is 389. The second-order valence-electron chi connectivity index (χ2n) is 2.95. The fourth-order valence-corrected chi connectivity index (χ4v) is 1.16. The summed E-state index contributed by atoms with van der Waals surface area (Å²) >= 11 is 0. The van der Waals surface area contributed by atoms with Crippen molar-refractivity contribution >= 4 is 5.82 Å². The van der Waals surface area contributed by atoms with Crippen LogP contribution in [-0.2, 0) is 6.54 Å². The summed E-state index contributed by atoms with van der Waals surface area (Å²) in [6, 6.07) is 3.75. The molecule has 2 aromatic heterocycles. The Labute approximate surface area is 76.0 Å². The molecule has 0 amide bonds. The van der Waals surface area contributed by atoms with Crippen molar-refractivity contribution in [1.82, 2.24) is 9.78 Å². The first-order valence-corrected chi connectivity index (χ1v) is 4.07. The van der Waals surface area contributed by atoms with Gasteiger partial charge in [-0.05, 0) is 19.1 Å². The van der Waals surface area contributed by atoms with E-state index in [1.165, 1.54) is 0 Å². The summed E-state index contributed by atoms with van der Waals surface area (Å²) in [7, 11) is 0. The highest BCUT2D eigenvalue weighted by atomic mass is 16.3. The van der Waals surface area contributed by atoms with Crippen molar-refractivity contribution in [3.63, 3.8) is 0 Å². The molecular weight excluding hydrogens is 166 g/mol. The van der Waals surface area contributed by atoms with E-state index in [4.69, 9.17) is 10.2 Å². The second kappa shape index (κ2) is 2.97. The minimum atomic E-state index is 0.590. The summed E-state index contributed by atoms with van der Waals surface area (Å²) in [5, 5.41) is 4.12. The molecule has 68 valence electrons. The van der Waals surface area contributed by atoms with E-state index in [0.717, 1.165) is 11.3 Å². The molecule has 0 aromatic carbocycles. The first-order chi connectivity index (χ1) is 6.27. The summed E-state index contributed by atoms with van der Waals surface area (Å²) in [4.78, 5) is 0. The number of furan rings is 1. The van der Waals surface area contributed by atoms with E-state index >= 15 is 0 Å². The smallest absolute Gasteiger partial charge is 0.125 e. The van der Waals surface area contributed by atoms with Crippen LogP contribution in [0.5, 0.6) is 0 Å². The van der Waals surface area contributed by atoms with E-state index in [2.05, 4.69) is 5.10 Å². The molecule has 0 spiro atoms. The van der Waals surface area contributed by atoms with Gasteiger partial charge in [0.15, 0.2) is 0 Å². The van der Waals surface area contributed by atoms with Crippen molar-refractivity contribution in [2.75, 3.05) is 5.73 Å². The van der Waals surface area contributed by atoms with Gasteiger partial charge in [0.25, 0.3) is 0 Å². The summed E-state index contributed by atoms with van der Waals surface area (Å²) in [5.74, 6) is 1.55. The Kier molecular flexibility index (Phi) is 1.81. The van der Waals surface area contributed by atoms with E-state index in [1.807, 2.05) is 19.1 Å². The number of nitrogens with zero attached hydrogens (tertiary/aromatic N) is 2. The van der Waals surface area contributed by atoms with Crippen molar-refractivity contribution in [1.29, 1.82) is 0 Å². The third kappa shape index (κ3) is 1.42. The average Bonchev–Trinajstić information content (AvgIpc) is 2.71. The third-order valence-electron chi connectivity index (χ3n) is 1.96. The van der Waals surface area contributed by atoms with Gasteiger partial charge in [-0.15, -0.1) is 0 Å². The van der Waals surface area contributed by atoms with Crippen LogP contribution in [0.15, 0.2) is 29.0 Å². The second-order valence-corrected chi connectivity index (χ2v) is 2.95. The quantitative estimate of drug-likeness (QED) is 0.754. The molecule has 0 aliphatic carbocycles. The Hall–Kier alpha value is -1.71. The minimum Gasteiger partial charge on any atom is -0.467 e. The van der Waals surface area contributed by atoms with Crippen LogP contribution in [0.1, 0.15) is 11.3 Å². The fraction of sp³-hybridized carbons (Fsp3) is 0.222. The maximum atomic E-state index is 5.78. The largest absolute Gasteiger partial charge is 0.467 e. The molecule has 2 rings (SSSR count). The third-order valence-corrected chi connectivity index (χ3v) is 1.96. The normalized spacial score (nSPS) is 10.5. The van der Waals surface area contributed by atoms with E-state index in [1.54, 1.807) is 17.1 Å². The lowest BCUT2D eigenvalue weighted by Crippen LogP contribution is -2.05. The number of aryl methyl sites for hydroxylation is 1. The molecule has 0 fully saturated rings. The van der Waals surface area contributed by atoms with Gasteiger partial charge >= 0.3 is 0 Å². The van der Waals surface area contributed by atoms with Gasteiger partial charge in [0.1, 0.15) is 18.1 Å². The summed E-state index contributed by atoms with van der Waals surface area (Å²) in [6.07, 6.45) is 3.39. The van der Waals surface area contributed by atoms with Crippen molar-refractivity contribution in [3.8, 4) is 0 Å². The highest BCUT2D eigenvalue weighted by Crippen LogP contribution is 2.11. The van der Waals surface area contributed by atoms with E-state index in [-0.39, 0.29) is 0 Å². The summed E-state index contributed by atoms with van der Waals surface area (Å²) < 4.78 is 6.90. The Balaban J connectivity index is 2.24. The van der Waals surface area contributed by atoms with Crippen molar-refractivity contribution in [3.05, 3.63) is 35.9 Å². The highest BCUT2D eigenvalue weighted by molar-refractivity contribution is 5.37. The lowest BCUT2D eigenvalue weighted by atomic mass is 10.4. The molecule has 0 bridgehead atoms. The predicted molar refractivity (Wildman–Crippen MR) is 49.2 cm³/mol. The zero-order valence-electron chi connectivity index (χ0n) is 7.40. The maximum Gasteiger partial charge on any atom is 0.125 e. The molecule has 2 heterocycles. The molecular formula is C9H11N3O. The van der Waals surface area contributed by atoms with E-state index < -0.39 is 0 Å². The first-order valence-electron chi connectivity index (χ1n) is 4.07. The monoisotopic (exact) mass is 177 g/mol. The summed E-state index contributed by atoms with van der Waals surface area (Å²) in [5.41, 5.74) is 6.77. The van der Waals surface area contributed by atoms with Crippen LogP contribution in [0.4, 0.5) is 5.82 Å². The standard InChI is InChI=1S/C9H11N3O/c1-7-5-11-12(9(7)10)6-8-3-2-4-13-8/h2-5H,6,10H2,1H3. The molecule has 0 aliphatic rings. The SMILES string of the molecule is Cc1cnn(Cc2ccco2)c1N.